The Morgan fingerprint density at radius 1 is 0.963 bits per heavy atom. The second-order valence-electron chi connectivity index (χ2n) is 6.09. The summed E-state index contributed by atoms with van der Waals surface area (Å²) in [4.78, 5) is 26.1. The number of ether oxygens (including phenoxy) is 1. The molecule has 3 rings (SSSR count). The summed E-state index contributed by atoms with van der Waals surface area (Å²) in [5.41, 5.74) is 0.593. The summed E-state index contributed by atoms with van der Waals surface area (Å²) in [7, 11) is 0. The molecule has 2 aromatic rings. The minimum absolute atomic E-state index is 0.143. The fraction of sp³-hybridized carbons (Fsp3) is 0.263. The van der Waals surface area contributed by atoms with Crippen LogP contribution in [-0.2, 0) is 9.53 Å². The molecule has 0 spiro atoms. The Bertz CT molecular complexity index is 821. The lowest BCUT2D eigenvalue weighted by Gasteiger charge is -2.25. The van der Waals surface area contributed by atoms with Crippen molar-refractivity contribution in [2.24, 2.45) is 0 Å². The van der Waals surface area contributed by atoms with E-state index in [1.165, 1.54) is 0 Å². The lowest BCUT2D eigenvalue weighted by atomic mass is 10.2. The Balaban J connectivity index is 1.56. The molecule has 1 saturated heterocycles. The van der Waals surface area contributed by atoms with Gasteiger partial charge in [0.1, 0.15) is 11.6 Å². The summed E-state index contributed by atoms with van der Waals surface area (Å²) >= 11 is 0. The standard InChI is InChI=1S/C19H19F2N3O3/c20-13-1-6-17(21)16(11-13)19(26)23-15-4-2-14(3-5-15)22-18(25)12-24-7-9-27-10-8-24/h1-6,11H,7-10,12H2,(H,22,25)(H,23,26). The number of halogens is 2. The van der Waals surface area contributed by atoms with Gasteiger partial charge in [-0.05, 0) is 42.5 Å². The lowest BCUT2D eigenvalue weighted by Crippen LogP contribution is -2.41. The third kappa shape index (κ3) is 5.32. The second kappa shape index (κ2) is 8.70. The largest absolute Gasteiger partial charge is 0.379 e. The Kier molecular flexibility index (Phi) is 6.10. The lowest BCUT2D eigenvalue weighted by molar-refractivity contribution is -0.118. The van der Waals surface area contributed by atoms with Gasteiger partial charge in [0.15, 0.2) is 0 Å². The molecule has 2 amide bonds. The number of hydrogen-bond acceptors (Lipinski definition) is 4. The van der Waals surface area contributed by atoms with E-state index in [2.05, 4.69) is 10.6 Å². The first-order valence-corrected chi connectivity index (χ1v) is 8.48. The van der Waals surface area contributed by atoms with Crippen molar-refractivity contribution in [2.75, 3.05) is 43.5 Å². The molecule has 1 heterocycles. The van der Waals surface area contributed by atoms with Gasteiger partial charge in [0.05, 0.1) is 25.3 Å². The molecule has 1 aliphatic rings. The Hall–Kier alpha value is -2.84. The summed E-state index contributed by atoms with van der Waals surface area (Å²) < 4.78 is 32.1. The van der Waals surface area contributed by atoms with Gasteiger partial charge in [-0.3, -0.25) is 14.5 Å². The van der Waals surface area contributed by atoms with Crippen LogP contribution in [0.2, 0.25) is 0 Å². The van der Waals surface area contributed by atoms with Crippen molar-refractivity contribution in [3.8, 4) is 0 Å². The molecule has 0 aromatic heterocycles. The highest BCUT2D eigenvalue weighted by Gasteiger charge is 2.15. The molecular weight excluding hydrogens is 356 g/mol. The molecule has 0 aliphatic carbocycles. The van der Waals surface area contributed by atoms with Gasteiger partial charge >= 0.3 is 0 Å². The number of benzene rings is 2. The van der Waals surface area contributed by atoms with E-state index in [0.29, 0.717) is 24.6 Å². The van der Waals surface area contributed by atoms with E-state index in [9.17, 15) is 18.4 Å². The average molecular weight is 375 g/mol. The second-order valence-corrected chi connectivity index (χ2v) is 6.09. The zero-order chi connectivity index (χ0) is 19.2. The van der Waals surface area contributed by atoms with Gasteiger partial charge in [-0.1, -0.05) is 0 Å². The zero-order valence-corrected chi connectivity index (χ0v) is 14.5. The molecule has 0 atom stereocenters. The van der Waals surface area contributed by atoms with Crippen LogP contribution < -0.4 is 10.6 Å². The predicted octanol–water partition coefficient (Wildman–Crippen LogP) is 2.49. The first-order valence-electron chi connectivity index (χ1n) is 8.48. The molecule has 0 saturated carbocycles. The maximum absolute atomic E-state index is 13.6. The predicted molar refractivity (Wildman–Crippen MR) is 96.6 cm³/mol. The van der Waals surface area contributed by atoms with Crippen LogP contribution in [0.1, 0.15) is 10.4 Å². The van der Waals surface area contributed by atoms with Crippen molar-refractivity contribution in [3.63, 3.8) is 0 Å². The van der Waals surface area contributed by atoms with E-state index in [1.54, 1.807) is 24.3 Å². The molecule has 0 unspecified atom stereocenters. The number of morpholine rings is 1. The Morgan fingerprint density at radius 2 is 1.59 bits per heavy atom. The first kappa shape index (κ1) is 18.9. The Morgan fingerprint density at radius 3 is 2.26 bits per heavy atom. The van der Waals surface area contributed by atoms with Crippen LogP contribution in [0.3, 0.4) is 0 Å². The molecule has 1 fully saturated rings. The molecular formula is C19H19F2N3O3. The Labute approximate surface area is 155 Å². The zero-order valence-electron chi connectivity index (χ0n) is 14.5. The molecule has 2 aromatic carbocycles. The smallest absolute Gasteiger partial charge is 0.258 e. The van der Waals surface area contributed by atoms with Crippen molar-refractivity contribution in [1.82, 2.24) is 4.90 Å². The van der Waals surface area contributed by atoms with Crippen LogP contribution in [0.15, 0.2) is 42.5 Å². The summed E-state index contributed by atoms with van der Waals surface area (Å²) in [6, 6.07) is 9.06. The van der Waals surface area contributed by atoms with E-state index in [-0.39, 0.29) is 18.0 Å². The van der Waals surface area contributed by atoms with E-state index >= 15 is 0 Å². The highest BCUT2D eigenvalue weighted by molar-refractivity contribution is 6.04. The molecule has 8 heteroatoms. The van der Waals surface area contributed by atoms with Gasteiger partial charge in [0.2, 0.25) is 5.91 Å². The van der Waals surface area contributed by atoms with Crippen molar-refractivity contribution < 1.29 is 23.1 Å². The van der Waals surface area contributed by atoms with Crippen molar-refractivity contribution >= 4 is 23.2 Å². The molecule has 0 bridgehead atoms. The monoisotopic (exact) mass is 375 g/mol. The topological polar surface area (TPSA) is 70.7 Å². The molecule has 142 valence electrons. The number of anilines is 2. The summed E-state index contributed by atoms with van der Waals surface area (Å²) in [6.45, 7) is 2.95. The van der Waals surface area contributed by atoms with Crippen LogP contribution in [0.4, 0.5) is 20.2 Å². The fourth-order valence-corrected chi connectivity index (χ4v) is 2.67. The van der Waals surface area contributed by atoms with Crippen LogP contribution in [-0.4, -0.2) is 49.6 Å². The number of carbonyl (C=O) groups excluding carboxylic acids is 2. The van der Waals surface area contributed by atoms with E-state index in [1.807, 2.05) is 4.90 Å². The SMILES string of the molecule is O=C(CN1CCOCC1)Nc1ccc(NC(=O)c2cc(F)ccc2F)cc1. The van der Waals surface area contributed by atoms with E-state index in [0.717, 1.165) is 31.3 Å². The molecule has 27 heavy (non-hydrogen) atoms. The van der Waals surface area contributed by atoms with Gasteiger partial charge in [-0.15, -0.1) is 0 Å². The van der Waals surface area contributed by atoms with Crippen molar-refractivity contribution in [1.29, 1.82) is 0 Å². The van der Waals surface area contributed by atoms with Gasteiger partial charge in [-0.2, -0.15) is 0 Å². The van der Waals surface area contributed by atoms with E-state index in [4.69, 9.17) is 4.74 Å². The number of rotatable bonds is 5. The first-order chi connectivity index (χ1) is 13.0. The van der Waals surface area contributed by atoms with Gasteiger partial charge < -0.3 is 15.4 Å². The summed E-state index contributed by atoms with van der Waals surface area (Å²) in [6.07, 6.45) is 0. The third-order valence-corrected chi connectivity index (χ3v) is 4.07. The number of hydrogen-bond donors (Lipinski definition) is 2. The number of nitrogens with one attached hydrogen (secondary N) is 2. The summed E-state index contributed by atoms with van der Waals surface area (Å²) in [5, 5.41) is 5.27. The molecule has 0 radical (unpaired) electrons. The van der Waals surface area contributed by atoms with Gasteiger partial charge in [-0.25, -0.2) is 8.78 Å². The highest BCUT2D eigenvalue weighted by atomic mass is 19.1. The normalized spacial score (nSPS) is 14.6. The van der Waals surface area contributed by atoms with Crippen LogP contribution >= 0.6 is 0 Å². The van der Waals surface area contributed by atoms with Crippen LogP contribution in [0, 0.1) is 11.6 Å². The van der Waals surface area contributed by atoms with Gasteiger partial charge in [0, 0.05) is 24.5 Å². The molecule has 1 aliphatic heterocycles. The minimum atomic E-state index is -0.805. The fourth-order valence-electron chi connectivity index (χ4n) is 2.67. The number of nitrogens with zero attached hydrogens (tertiary/aromatic N) is 1. The van der Waals surface area contributed by atoms with Crippen LogP contribution in [0.25, 0.3) is 0 Å². The van der Waals surface area contributed by atoms with E-state index < -0.39 is 17.5 Å². The van der Waals surface area contributed by atoms with Crippen LogP contribution in [0.5, 0.6) is 0 Å². The van der Waals surface area contributed by atoms with Crippen molar-refractivity contribution in [3.05, 3.63) is 59.7 Å². The maximum atomic E-state index is 13.6. The number of amides is 2. The number of carbonyl (C=O) groups is 2. The molecule has 6 nitrogen and oxygen atoms in total. The molecule has 2 N–H and O–H groups in total. The third-order valence-electron chi connectivity index (χ3n) is 4.07. The van der Waals surface area contributed by atoms with Crippen molar-refractivity contribution in [2.45, 2.75) is 0 Å². The average Bonchev–Trinajstić information content (AvgIpc) is 2.66. The maximum Gasteiger partial charge on any atom is 0.258 e. The summed E-state index contributed by atoms with van der Waals surface area (Å²) in [5.74, 6) is -2.40. The van der Waals surface area contributed by atoms with Gasteiger partial charge in [0.25, 0.3) is 5.91 Å². The quantitative estimate of drug-likeness (QED) is 0.842. The highest BCUT2D eigenvalue weighted by Crippen LogP contribution is 2.16. The minimum Gasteiger partial charge on any atom is -0.379 e.